The van der Waals surface area contributed by atoms with E-state index in [1.54, 1.807) is 13.8 Å². The van der Waals surface area contributed by atoms with E-state index < -0.39 is 16.0 Å². The van der Waals surface area contributed by atoms with Crippen LogP contribution in [0.4, 0.5) is 5.00 Å². The maximum Gasteiger partial charge on any atom is 0.341 e. The molecule has 0 aliphatic heterocycles. The quantitative estimate of drug-likeness (QED) is 0.836. The van der Waals surface area contributed by atoms with Crippen LogP contribution < -0.4 is 4.72 Å². The third-order valence-corrected chi connectivity index (χ3v) is 5.30. The molecule has 0 spiro atoms. The van der Waals surface area contributed by atoms with Crippen LogP contribution in [0.3, 0.4) is 0 Å². The van der Waals surface area contributed by atoms with Gasteiger partial charge in [0.1, 0.15) is 5.00 Å². The molecule has 0 saturated heterocycles. The van der Waals surface area contributed by atoms with Crippen molar-refractivity contribution in [1.29, 1.82) is 0 Å². The smallest absolute Gasteiger partial charge is 0.341 e. The monoisotopic (exact) mass is 315 g/mol. The summed E-state index contributed by atoms with van der Waals surface area (Å²) in [6.07, 6.45) is 1.33. The van der Waals surface area contributed by atoms with Crippen LogP contribution in [0.15, 0.2) is 17.3 Å². The van der Waals surface area contributed by atoms with Crippen LogP contribution in [0.5, 0.6) is 0 Å². The Bertz CT molecular complexity index is 732. The van der Waals surface area contributed by atoms with E-state index in [9.17, 15) is 13.2 Å². The number of esters is 1. The first-order valence-electron chi connectivity index (χ1n) is 5.57. The van der Waals surface area contributed by atoms with E-state index in [1.165, 1.54) is 30.7 Å². The largest absolute Gasteiger partial charge is 0.465 e. The van der Waals surface area contributed by atoms with Crippen LogP contribution in [0, 0.1) is 13.8 Å². The second kappa shape index (κ2) is 5.25. The van der Waals surface area contributed by atoms with Gasteiger partial charge in [0.25, 0.3) is 10.0 Å². The first-order valence-corrected chi connectivity index (χ1v) is 7.87. The molecular formula is C11H13N3O4S2. The van der Waals surface area contributed by atoms with E-state index in [4.69, 9.17) is 0 Å². The summed E-state index contributed by atoms with van der Waals surface area (Å²) >= 11 is 1.18. The van der Waals surface area contributed by atoms with Crippen LogP contribution in [0.2, 0.25) is 0 Å². The predicted molar refractivity (Wildman–Crippen MR) is 74.5 cm³/mol. The molecular weight excluding hydrogens is 302 g/mol. The van der Waals surface area contributed by atoms with Crippen molar-refractivity contribution in [2.75, 3.05) is 11.8 Å². The fourth-order valence-electron chi connectivity index (χ4n) is 1.62. The highest BCUT2D eigenvalue weighted by molar-refractivity contribution is 7.92. The zero-order valence-corrected chi connectivity index (χ0v) is 12.7. The highest BCUT2D eigenvalue weighted by atomic mass is 32.2. The summed E-state index contributed by atoms with van der Waals surface area (Å²) < 4.78 is 31.3. The zero-order chi connectivity index (χ0) is 14.9. The molecule has 0 unspecified atom stereocenters. The van der Waals surface area contributed by atoms with E-state index in [0.29, 0.717) is 5.56 Å². The van der Waals surface area contributed by atoms with Gasteiger partial charge in [-0.2, -0.15) is 13.5 Å². The fraction of sp³-hybridized carbons (Fsp3) is 0.273. The van der Waals surface area contributed by atoms with E-state index in [0.717, 1.165) is 4.88 Å². The maximum atomic E-state index is 12.1. The molecule has 0 aliphatic carbocycles. The lowest BCUT2D eigenvalue weighted by atomic mass is 10.2. The molecule has 0 atom stereocenters. The molecule has 108 valence electrons. The van der Waals surface area contributed by atoms with E-state index in [1.807, 2.05) is 0 Å². The number of nitrogens with one attached hydrogen (secondary N) is 2. The number of anilines is 1. The number of carbonyl (C=O) groups excluding carboxylic acids is 1. The Morgan fingerprint density at radius 3 is 2.70 bits per heavy atom. The second-order valence-electron chi connectivity index (χ2n) is 4.01. The Kier molecular flexibility index (Phi) is 3.82. The molecule has 0 aliphatic rings. The number of hydrogen-bond acceptors (Lipinski definition) is 6. The first-order chi connectivity index (χ1) is 9.36. The van der Waals surface area contributed by atoms with Gasteiger partial charge in [-0.05, 0) is 25.5 Å². The van der Waals surface area contributed by atoms with Crippen LogP contribution >= 0.6 is 11.3 Å². The second-order valence-corrected chi connectivity index (χ2v) is 6.88. The number of aromatic amines is 1. The maximum absolute atomic E-state index is 12.1. The molecule has 2 heterocycles. The van der Waals surface area contributed by atoms with Crippen LogP contribution in [0.1, 0.15) is 20.8 Å². The SMILES string of the molecule is COC(=O)c1c(NS(=O)(=O)c2ccn[nH]2)sc(C)c1C. The minimum atomic E-state index is -3.80. The molecule has 9 heteroatoms. The normalized spacial score (nSPS) is 11.3. The molecule has 0 fully saturated rings. The number of H-pyrrole nitrogens is 1. The van der Waals surface area contributed by atoms with Gasteiger partial charge in [0.2, 0.25) is 0 Å². The number of carbonyl (C=O) groups is 1. The first kappa shape index (κ1) is 14.5. The third kappa shape index (κ3) is 2.54. The van der Waals surface area contributed by atoms with E-state index >= 15 is 0 Å². The summed E-state index contributed by atoms with van der Waals surface area (Å²) in [5.74, 6) is -0.575. The predicted octanol–water partition coefficient (Wildman–Crippen LogP) is 1.68. The molecule has 7 nitrogen and oxygen atoms in total. The van der Waals surface area contributed by atoms with Gasteiger partial charge >= 0.3 is 5.97 Å². The number of methoxy groups -OCH3 is 1. The fourth-order valence-corrected chi connectivity index (χ4v) is 3.88. The average Bonchev–Trinajstić information content (AvgIpc) is 2.99. The van der Waals surface area contributed by atoms with Crippen molar-refractivity contribution in [1.82, 2.24) is 10.2 Å². The highest BCUT2D eigenvalue weighted by Gasteiger charge is 2.25. The average molecular weight is 315 g/mol. The number of aryl methyl sites for hydroxylation is 1. The lowest BCUT2D eigenvalue weighted by Crippen LogP contribution is -2.15. The molecule has 0 radical (unpaired) electrons. The highest BCUT2D eigenvalue weighted by Crippen LogP contribution is 2.34. The van der Waals surface area contributed by atoms with E-state index in [2.05, 4.69) is 19.7 Å². The van der Waals surface area contributed by atoms with Gasteiger partial charge in [-0.15, -0.1) is 11.3 Å². The van der Waals surface area contributed by atoms with E-state index in [-0.39, 0.29) is 15.6 Å². The van der Waals surface area contributed by atoms with Crippen LogP contribution in [-0.4, -0.2) is 31.7 Å². The molecule has 2 aromatic rings. The summed E-state index contributed by atoms with van der Waals surface area (Å²) in [5.41, 5.74) is 0.933. The number of sulfonamides is 1. The van der Waals surface area contributed by atoms with Gasteiger partial charge in [0.15, 0.2) is 5.03 Å². The molecule has 20 heavy (non-hydrogen) atoms. The van der Waals surface area contributed by atoms with Gasteiger partial charge in [-0.3, -0.25) is 9.82 Å². The van der Waals surface area contributed by atoms with Gasteiger partial charge < -0.3 is 4.74 Å². The van der Waals surface area contributed by atoms with Crippen molar-refractivity contribution >= 4 is 32.3 Å². The molecule has 2 rings (SSSR count). The third-order valence-electron chi connectivity index (χ3n) is 2.77. The van der Waals surface area contributed by atoms with Crippen molar-refractivity contribution < 1.29 is 17.9 Å². The zero-order valence-electron chi connectivity index (χ0n) is 11.1. The Hall–Kier alpha value is -1.87. The Morgan fingerprint density at radius 1 is 1.45 bits per heavy atom. The van der Waals surface area contributed by atoms with Gasteiger partial charge in [0.05, 0.1) is 18.9 Å². The molecule has 0 saturated carbocycles. The summed E-state index contributed by atoms with van der Waals surface area (Å²) in [6.45, 7) is 3.55. The number of ether oxygens (including phenoxy) is 1. The lowest BCUT2D eigenvalue weighted by Gasteiger charge is -2.06. The Morgan fingerprint density at radius 2 is 2.15 bits per heavy atom. The van der Waals surface area contributed by atoms with Crippen molar-refractivity contribution in [2.45, 2.75) is 18.9 Å². The van der Waals surface area contributed by atoms with Gasteiger partial charge in [0, 0.05) is 4.88 Å². The van der Waals surface area contributed by atoms with Crippen molar-refractivity contribution in [3.05, 3.63) is 28.3 Å². The number of aromatic nitrogens is 2. The Labute approximate surface area is 120 Å². The summed E-state index contributed by atoms with van der Waals surface area (Å²) in [6, 6.07) is 1.33. The van der Waals surface area contributed by atoms with Crippen LogP contribution in [-0.2, 0) is 14.8 Å². The molecule has 2 aromatic heterocycles. The van der Waals surface area contributed by atoms with Crippen molar-refractivity contribution in [3.63, 3.8) is 0 Å². The molecule has 0 aromatic carbocycles. The Balaban J connectivity index is 2.45. The number of thiophene rings is 1. The van der Waals surface area contributed by atoms with Crippen molar-refractivity contribution in [2.24, 2.45) is 0 Å². The summed E-state index contributed by atoms with van der Waals surface area (Å²) in [4.78, 5) is 12.6. The minimum absolute atomic E-state index is 0.0722. The molecule has 0 amide bonds. The number of rotatable bonds is 4. The number of hydrogen-bond donors (Lipinski definition) is 2. The number of nitrogens with zero attached hydrogens (tertiary/aromatic N) is 1. The standard InChI is InChI=1S/C11H13N3O4S2/c1-6-7(2)19-10(9(6)11(15)18-3)14-20(16,17)8-4-5-12-13-8/h4-5,14H,1-3H3,(H,12,13). The molecule has 2 N–H and O–H groups in total. The summed E-state index contributed by atoms with van der Waals surface area (Å²) in [7, 11) is -2.55. The topological polar surface area (TPSA) is 101 Å². The molecule has 0 bridgehead atoms. The lowest BCUT2D eigenvalue weighted by molar-refractivity contribution is 0.0601. The van der Waals surface area contributed by atoms with Gasteiger partial charge in [-0.1, -0.05) is 0 Å². The minimum Gasteiger partial charge on any atom is -0.465 e. The summed E-state index contributed by atoms with van der Waals surface area (Å²) in [5, 5.41) is 6.13. The van der Waals surface area contributed by atoms with Crippen molar-refractivity contribution in [3.8, 4) is 0 Å². The van der Waals surface area contributed by atoms with Gasteiger partial charge in [-0.25, -0.2) is 4.79 Å². The van der Waals surface area contributed by atoms with Crippen LogP contribution in [0.25, 0.3) is 0 Å².